The van der Waals surface area contributed by atoms with Crippen LogP contribution in [0.25, 0.3) is 0 Å². The smallest absolute Gasteiger partial charge is 0.425 e. The lowest BCUT2D eigenvalue weighted by Crippen LogP contribution is -2.32. The Kier molecular flexibility index (Phi) is 6.46. The third-order valence-electron chi connectivity index (χ3n) is 4.93. The molecule has 0 aliphatic carbocycles. The van der Waals surface area contributed by atoms with E-state index in [-0.39, 0.29) is 35.4 Å². The predicted molar refractivity (Wildman–Crippen MR) is 111 cm³/mol. The molecule has 6 nitrogen and oxygen atoms in total. The van der Waals surface area contributed by atoms with Crippen molar-refractivity contribution >= 4 is 15.7 Å². The third kappa shape index (κ3) is 5.35. The number of amides is 1. The van der Waals surface area contributed by atoms with Crippen LogP contribution in [-0.2, 0) is 22.9 Å². The highest BCUT2D eigenvalue weighted by atomic mass is 32.2. The van der Waals surface area contributed by atoms with Crippen molar-refractivity contribution in [2.24, 2.45) is 0 Å². The van der Waals surface area contributed by atoms with Gasteiger partial charge in [0.05, 0.1) is 16.6 Å². The van der Waals surface area contributed by atoms with Crippen LogP contribution in [0, 0.1) is 0 Å². The maximum Gasteiger partial charge on any atom is 0.425 e. The van der Waals surface area contributed by atoms with Crippen LogP contribution in [0.15, 0.2) is 41.3 Å². The van der Waals surface area contributed by atoms with Crippen LogP contribution in [-0.4, -0.2) is 43.9 Å². The van der Waals surface area contributed by atoms with Gasteiger partial charge in [-0.25, -0.2) is 8.42 Å². The number of hydrogen-bond donors (Lipinski definition) is 0. The van der Waals surface area contributed by atoms with Gasteiger partial charge in [-0.3, -0.25) is 4.79 Å². The van der Waals surface area contributed by atoms with E-state index >= 15 is 0 Å². The van der Waals surface area contributed by atoms with E-state index < -0.39 is 28.0 Å². The molecule has 0 saturated heterocycles. The van der Waals surface area contributed by atoms with Gasteiger partial charge in [0.2, 0.25) is 0 Å². The Balaban J connectivity index is 1.93. The van der Waals surface area contributed by atoms with Crippen molar-refractivity contribution in [1.82, 2.24) is 4.90 Å². The van der Waals surface area contributed by atoms with E-state index in [4.69, 9.17) is 9.47 Å². The Morgan fingerprint density at radius 1 is 1.00 bits per heavy atom. The van der Waals surface area contributed by atoms with E-state index in [0.717, 1.165) is 42.5 Å². The van der Waals surface area contributed by atoms with Crippen LogP contribution in [0.2, 0.25) is 0 Å². The molecule has 0 fully saturated rings. The van der Waals surface area contributed by atoms with Crippen molar-refractivity contribution in [2.75, 3.05) is 6.26 Å². The van der Waals surface area contributed by atoms with Gasteiger partial charge in [0, 0.05) is 19.3 Å². The molecular formula is C22H24F3NO5S. The first kappa shape index (κ1) is 23.9. The second-order valence-electron chi connectivity index (χ2n) is 7.99. The van der Waals surface area contributed by atoms with Crippen molar-refractivity contribution in [2.45, 2.75) is 57.1 Å². The lowest BCUT2D eigenvalue weighted by atomic mass is 10.1. The fourth-order valence-corrected chi connectivity index (χ4v) is 3.94. The molecule has 1 heterocycles. The number of hydrogen-bond acceptors (Lipinski definition) is 5. The van der Waals surface area contributed by atoms with Gasteiger partial charge in [-0.15, -0.1) is 0 Å². The molecule has 2 aromatic rings. The first-order chi connectivity index (χ1) is 14.8. The molecule has 0 aromatic heterocycles. The monoisotopic (exact) mass is 471 g/mol. The van der Waals surface area contributed by atoms with Crippen molar-refractivity contribution in [3.8, 4) is 11.5 Å². The maximum atomic E-state index is 13.2. The van der Waals surface area contributed by atoms with Gasteiger partial charge in [0.1, 0.15) is 11.5 Å². The average molecular weight is 471 g/mol. The molecule has 0 saturated carbocycles. The quantitative estimate of drug-likeness (QED) is 0.626. The minimum atomic E-state index is -4.65. The number of ether oxygens (including phenoxy) is 2. The van der Waals surface area contributed by atoms with Crippen LogP contribution < -0.4 is 9.47 Å². The Morgan fingerprint density at radius 3 is 2.25 bits per heavy atom. The molecule has 1 amide bonds. The Hall–Kier alpha value is -2.75. The van der Waals surface area contributed by atoms with Gasteiger partial charge in [-0.2, -0.15) is 13.2 Å². The SMILES string of the molecule is CC(C)Oc1ccc2c(c1)CN(C(=O)c1cc(S(C)(=O)=O)ccc1O[C@@H](C)C(F)(F)F)C2. The summed E-state index contributed by atoms with van der Waals surface area (Å²) in [6.07, 6.45) is -5.89. The fraction of sp³-hybridized carbons (Fsp3) is 0.409. The number of carbonyl (C=O) groups is 1. The number of benzene rings is 2. The first-order valence-corrected chi connectivity index (χ1v) is 11.8. The molecule has 1 atom stereocenters. The highest BCUT2D eigenvalue weighted by Crippen LogP contribution is 2.33. The lowest BCUT2D eigenvalue weighted by Gasteiger charge is -2.22. The fourth-order valence-electron chi connectivity index (χ4n) is 3.30. The van der Waals surface area contributed by atoms with Gasteiger partial charge in [0.15, 0.2) is 15.9 Å². The zero-order valence-electron chi connectivity index (χ0n) is 18.1. The number of halogens is 3. The molecule has 3 rings (SSSR count). The lowest BCUT2D eigenvalue weighted by molar-refractivity contribution is -0.189. The van der Waals surface area contributed by atoms with E-state index in [0.29, 0.717) is 5.75 Å². The number of rotatable bonds is 6. The highest BCUT2D eigenvalue weighted by Gasteiger charge is 2.39. The molecule has 174 valence electrons. The van der Waals surface area contributed by atoms with E-state index in [2.05, 4.69) is 0 Å². The summed E-state index contributed by atoms with van der Waals surface area (Å²) >= 11 is 0. The number of fused-ring (bicyclic) bond motifs is 1. The normalized spacial score (nSPS) is 14.9. The average Bonchev–Trinajstić information content (AvgIpc) is 3.09. The molecule has 0 N–H and O–H groups in total. The topological polar surface area (TPSA) is 72.9 Å². The van der Waals surface area contributed by atoms with Gasteiger partial charge in [-0.05, 0) is 62.2 Å². The molecule has 2 aromatic carbocycles. The molecule has 1 aliphatic heterocycles. The largest absolute Gasteiger partial charge is 0.491 e. The van der Waals surface area contributed by atoms with Crippen LogP contribution in [0.4, 0.5) is 13.2 Å². The van der Waals surface area contributed by atoms with Crippen LogP contribution in [0.3, 0.4) is 0 Å². The summed E-state index contributed by atoms with van der Waals surface area (Å²) in [6.45, 7) is 5.04. The number of carbonyl (C=O) groups excluding carboxylic acids is 1. The number of nitrogens with zero attached hydrogens (tertiary/aromatic N) is 1. The van der Waals surface area contributed by atoms with E-state index in [1.54, 1.807) is 6.07 Å². The summed E-state index contributed by atoms with van der Waals surface area (Å²) in [7, 11) is -3.69. The summed E-state index contributed by atoms with van der Waals surface area (Å²) in [6, 6.07) is 8.71. The molecule has 10 heteroatoms. The second-order valence-corrected chi connectivity index (χ2v) is 10.0. The standard InChI is InChI=1S/C22H24F3NO5S/c1-13(2)30-17-6-5-15-11-26(12-16(15)9-17)21(27)19-10-18(32(4,28)29)7-8-20(19)31-14(3)22(23,24)25/h5-10,13-14H,11-12H2,1-4H3/t14-/m0/s1. The molecule has 1 aliphatic rings. The van der Waals surface area contributed by atoms with Crippen LogP contribution >= 0.6 is 0 Å². The van der Waals surface area contributed by atoms with Crippen molar-refractivity contribution in [3.05, 3.63) is 53.1 Å². The molecule has 0 radical (unpaired) electrons. The predicted octanol–water partition coefficient (Wildman–Crippen LogP) is 4.36. The Labute approximate surface area is 184 Å². The van der Waals surface area contributed by atoms with Gasteiger partial charge >= 0.3 is 6.18 Å². The number of sulfone groups is 1. The summed E-state index contributed by atoms with van der Waals surface area (Å²) in [4.78, 5) is 14.5. The zero-order chi connectivity index (χ0) is 23.8. The van der Waals surface area contributed by atoms with E-state index in [1.807, 2.05) is 26.0 Å². The van der Waals surface area contributed by atoms with E-state index in [9.17, 15) is 26.4 Å². The Bertz CT molecular complexity index is 1130. The summed E-state index contributed by atoms with van der Waals surface area (Å²) in [5, 5.41) is 0. The highest BCUT2D eigenvalue weighted by molar-refractivity contribution is 7.90. The van der Waals surface area contributed by atoms with Crippen molar-refractivity contribution < 1.29 is 35.9 Å². The minimum absolute atomic E-state index is 0.0266. The molecule has 0 unspecified atom stereocenters. The summed E-state index contributed by atoms with van der Waals surface area (Å²) in [5.41, 5.74) is 1.48. The molecular weight excluding hydrogens is 447 g/mol. The van der Waals surface area contributed by atoms with E-state index in [1.165, 1.54) is 4.90 Å². The maximum absolute atomic E-state index is 13.2. The first-order valence-electron chi connectivity index (χ1n) is 9.91. The molecule has 0 spiro atoms. The summed E-state index contributed by atoms with van der Waals surface area (Å²) in [5.74, 6) is -0.301. The molecule has 0 bridgehead atoms. The number of alkyl halides is 3. The zero-order valence-corrected chi connectivity index (χ0v) is 18.9. The van der Waals surface area contributed by atoms with Gasteiger partial charge < -0.3 is 14.4 Å². The van der Waals surface area contributed by atoms with Crippen LogP contribution in [0.5, 0.6) is 11.5 Å². The van der Waals surface area contributed by atoms with Crippen molar-refractivity contribution in [3.63, 3.8) is 0 Å². The van der Waals surface area contributed by atoms with Crippen LogP contribution in [0.1, 0.15) is 42.3 Å². The van der Waals surface area contributed by atoms with Gasteiger partial charge in [-0.1, -0.05) is 6.07 Å². The second kappa shape index (κ2) is 8.65. The van der Waals surface area contributed by atoms with Crippen molar-refractivity contribution in [1.29, 1.82) is 0 Å². The Morgan fingerprint density at radius 2 is 1.66 bits per heavy atom. The summed E-state index contributed by atoms with van der Waals surface area (Å²) < 4.78 is 73.7. The molecule has 32 heavy (non-hydrogen) atoms. The van der Waals surface area contributed by atoms with Gasteiger partial charge in [0.25, 0.3) is 5.91 Å². The minimum Gasteiger partial charge on any atom is -0.491 e. The third-order valence-corrected chi connectivity index (χ3v) is 6.04.